The second-order valence-corrected chi connectivity index (χ2v) is 8.50. The smallest absolute Gasteiger partial charge is 0.317 e. The number of nitrogens with one attached hydrogen (secondary N) is 1. The molecule has 3 fully saturated rings. The second kappa shape index (κ2) is 6.73. The van der Waals surface area contributed by atoms with Crippen LogP contribution in [0, 0.1) is 11.8 Å². The molecule has 1 aliphatic carbocycles. The van der Waals surface area contributed by atoms with Crippen molar-refractivity contribution in [3.8, 4) is 0 Å². The van der Waals surface area contributed by atoms with Gasteiger partial charge in [-0.2, -0.15) is 0 Å². The van der Waals surface area contributed by atoms with E-state index in [1.807, 2.05) is 30.3 Å². The topological polar surface area (TPSA) is 35.6 Å². The zero-order valence-electron chi connectivity index (χ0n) is 15.4. The predicted octanol–water partition coefficient (Wildman–Crippen LogP) is 4.11. The molecule has 2 bridgehead atoms. The van der Waals surface area contributed by atoms with Crippen molar-refractivity contribution in [2.24, 2.45) is 11.8 Å². The Morgan fingerprint density at radius 1 is 1.08 bits per heavy atom. The van der Waals surface area contributed by atoms with Crippen molar-refractivity contribution in [3.63, 3.8) is 0 Å². The molecule has 0 aromatic heterocycles. The summed E-state index contributed by atoms with van der Waals surface area (Å²) in [6, 6.07) is 11.0. The summed E-state index contributed by atoms with van der Waals surface area (Å²) in [6.07, 6.45) is 10.2. The Morgan fingerprint density at radius 3 is 2.85 bits per heavy atom. The molecule has 0 spiro atoms. The molecule has 5 rings (SSSR count). The number of piperidine rings is 3. The van der Waals surface area contributed by atoms with Gasteiger partial charge in [-0.3, -0.25) is 4.90 Å². The van der Waals surface area contributed by atoms with Gasteiger partial charge >= 0.3 is 6.03 Å². The number of nitrogens with zero attached hydrogens (tertiary/aromatic N) is 2. The SMILES string of the molecule is O=C(Nc1ccccc1)N1CCCC2=CC3CC(CN4CCCC[C@H]34)[C@@H]21. The van der Waals surface area contributed by atoms with Gasteiger partial charge in [-0.05, 0) is 62.6 Å². The maximum Gasteiger partial charge on any atom is 0.322 e. The lowest BCUT2D eigenvalue weighted by Crippen LogP contribution is -2.60. The fourth-order valence-electron chi connectivity index (χ4n) is 5.92. The van der Waals surface area contributed by atoms with E-state index in [1.54, 1.807) is 5.57 Å². The van der Waals surface area contributed by atoms with Crippen molar-refractivity contribution in [1.29, 1.82) is 0 Å². The highest BCUT2D eigenvalue weighted by molar-refractivity contribution is 5.89. The van der Waals surface area contributed by atoms with Crippen LogP contribution in [0.5, 0.6) is 0 Å². The number of likely N-dealkylation sites (tertiary alicyclic amines) is 1. The lowest BCUT2D eigenvalue weighted by Gasteiger charge is -2.54. The predicted molar refractivity (Wildman–Crippen MR) is 104 cm³/mol. The number of amides is 2. The summed E-state index contributed by atoms with van der Waals surface area (Å²) in [4.78, 5) is 17.9. The highest BCUT2D eigenvalue weighted by Gasteiger charge is 2.46. The Bertz CT molecular complexity index is 701. The molecule has 26 heavy (non-hydrogen) atoms. The maximum atomic E-state index is 13.0. The molecule has 4 atom stereocenters. The first-order valence-corrected chi connectivity index (χ1v) is 10.4. The summed E-state index contributed by atoms with van der Waals surface area (Å²) in [5, 5.41) is 3.12. The first kappa shape index (κ1) is 16.4. The minimum atomic E-state index is 0.0750. The lowest BCUT2D eigenvalue weighted by atomic mass is 9.68. The van der Waals surface area contributed by atoms with Crippen molar-refractivity contribution in [2.75, 3.05) is 25.0 Å². The summed E-state index contributed by atoms with van der Waals surface area (Å²) in [7, 11) is 0. The van der Waals surface area contributed by atoms with Crippen molar-refractivity contribution in [3.05, 3.63) is 42.0 Å². The largest absolute Gasteiger partial charge is 0.322 e. The number of rotatable bonds is 1. The average molecular weight is 351 g/mol. The van der Waals surface area contributed by atoms with E-state index in [1.165, 1.54) is 45.2 Å². The quantitative estimate of drug-likeness (QED) is 0.773. The van der Waals surface area contributed by atoms with Crippen LogP contribution in [0.15, 0.2) is 42.0 Å². The number of benzene rings is 1. The highest BCUT2D eigenvalue weighted by Crippen LogP contribution is 2.45. The molecule has 4 heteroatoms. The Kier molecular flexibility index (Phi) is 4.24. The molecule has 2 amide bonds. The fraction of sp³-hybridized carbons (Fsp3) is 0.591. The Hall–Kier alpha value is -1.81. The van der Waals surface area contributed by atoms with E-state index in [0.717, 1.165) is 30.6 Å². The van der Waals surface area contributed by atoms with Crippen LogP contribution in [0.4, 0.5) is 10.5 Å². The van der Waals surface area contributed by atoms with Crippen LogP contribution in [0.2, 0.25) is 0 Å². The van der Waals surface area contributed by atoms with Crippen molar-refractivity contribution >= 4 is 11.7 Å². The lowest BCUT2D eigenvalue weighted by molar-refractivity contribution is 0.00908. The van der Waals surface area contributed by atoms with Gasteiger partial charge in [0.15, 0.2) is 0 Å². The van der Waals surface area contributed by atoms with Gasteiger partial charge < -0.3 is 10.2 Å². The molecule has 1 N–H and O–H groups in total. The van der Waals surface area contributed by atoms with Gasteiger partial charge in [0, 0.05) is 24.8 Å². The molecular weight excluding hydrogens is 322 g/mol. The molecule has 1 aromatic rings. The Balaban J connectivity index is 1.39. The third kappa shape index (κ3) is 2.84. The number of urea groups is 1. The Morgan fingerprint density at radius 2 is 1.96 bits per heavy atom. The number of hydrogen-bond acceptors (Lipinski definition) is 2. The van der Waals surface area contributed by atoms with Crippen LogP contribution >= 0.6 is 0 Å². The number of anilines is 1. The van der Waals surface area contributed by atoms with Gasteiger partial charge in [0.1, 0.15) is 0 Å². The van der Waals surface area contributed by atoms with Crippen molar-refractivity contribution in [1.82, 2.24) is 9.80 Å². The van der Waals surface area contributed by atoms with E-state index >= 15 is 0 Å². The number of fused-ring (bicyclic) bond motifs is 6. The van der Waals surface area contributed by atoms with Gasteiger partial charge in [-0.1, -0.05) is 36.3 Å². The number of carbonyl (C=O) groups is 1. The van der Waals surface area contributed by atoms with E-state index < -0.39 is 0 Å². The molecule has 2 unspecified atom stereocenters. The first-order valence-electron chi connectivity index (χ1n) is 10.4. The van der Waals surface area contributed by atoms with E-state index in [-0.39, 0.29) is 6.03 Å². The van der Waals surface area contributed by atoms with Gasteiger partial charge in [0.25, 0.3) is 0 Å². The van der Waals surface area contributed by atoms with Crippen LogP contribution in [0.3, 0.4) is 0 Å². The summed E-state index contributed by atoms with van der Waals surface area (Å²) in [6.45, 7) is 3.31. The molecule has 0 radical (unpaired) electrons. The third-order valence-corrected chi connectivity index (χ3v) is 6.94. The number of hydrogen-bond donors (Lipinski definition) is 1. The van der Waals surface area contributed by atoms with Crippen molar-refractivity contribution in [2.45, 2.75) is 50.6 Å². The maximum absolute atomic E-state index is 13.0. The minimum Gasteiger partial charge on any atom is -0.317 e. The van der Waals surface area contributed by atoms with E-state index in [9.17, 15) is 4.79 Å². The van der Waals surface area contributed by atoms with Gasteiger partial charge in [-0.25, -0.2) is 4.79 Å². The van der Waals surface area contributed by atoms with E-state index in [0.29, 0.717) is 12.0 Å². The first-order chi connectivity index (χ1) is 12.8. The molecule has 4 aliphatic rings. The van der Waals surface area contributed by atoms with Gasteiger partial charge in [0.05, 0.1) is 6.04 Å². The Labute approximate surface area is 156 Å². The molecule has 3 heterocycles. The molecule has 3 saturated heterocycles. The zero-order valence-corrected chi connectivity index (χ0v) is 15.4. The van der Waals surface area contributed by atoms with Crippen LogP contribution in [-0.2, 0) is 0 Å². The van der Waals surface area contributed by atoms with Gasteiger partial charge in [0.2, 0.25) is 0 Å². The van der Waals surface area contributed by atoms with Crippen LogP contribution in [0.25, 0.3) is 0 Å². The van der Waals surface area contributed by atoms with E-state index in [4.69, 9.17) is 0 Å². The normalized spacial score (nSPS) is 33.7. The third-order valence-electron chi connectivity index (χ3n) is 6.94. The molecule has 4 nitrogen and oxygen atoms in total. The van der Waals surface area contributed by atoms with Crippen LogP contribution in [-0.4, -0.2) is 47.5 Å². The summed E-state index contributed by atoms with van der Waals surface area (Å²) in [5.41, 5.74) is 2.44. The van der Waals surface area contributed by atoms with E-state index in [2.05, 4.69) is 21.2 Å². The summed E-state index contributed by atoms with van der Waals surface area (Å²) in [5.74, 6) is 1.33. The second-order valence-electron chi connectivity index (χ2n) is 8.50. The monoisotopic (exact) mass is 351 g/mol. The number of para-hydroxylation sites is 1. The molecule has 3 aliphatic heterocycles. The molecular formula is C22H29N3O. The highest BCUT2D eigenvalue weighted by atomic mass is 16.2. The van der Waals surface area contributed by atoms with Crippen molar-refractivity contribution < 1.29 is 4.79 Å². The minimum absolute atomic E-state index is 0.0750. The molecule has 138 valence electrons. The number of carbonyl (C=O) groups excluding carboxylic acids is 1. The van der Waals surface area contributed by atoms with Gasteiger partial charge in [-0.15, -0.1) is 0 Å². The summed E-state index contributed by atoms with van der Waals surface area (Å²) >= 11 is 0. The zero-order chi connectivity index (χ0) is 17.5. The summed E-state index contributed by atoms with van der Waals surface area (Å²) < 4.78 is 0. The van der Waals surface area contributed by atoms with Crippen LogP contribution in [0.1, 0.15) is 38.5 Å². The van der Waals surface area contributed by atoms with Crippen LogP contribution < -0.4 is 5.32 Å². The standard InChI is InChI=1S/C22H29N3O/c26-22(23-19-8-2-1-3-9-19)25-12-6-7-16-13-17-14-18(21(16)25)15-24-11-5-4-10-20(17)24/h1-3,8-9,13,17-18,20-21H,4-7,10-12,14-15H2,(H,23,26)/t17?,18?,20-,21-/m1/s1. The molecule has 0 saturated carbocycles. The fourth-order valence-corrected chi connectivity index (χ4v) is 5.92. The average Bonchev–Trinajstić information content (AvgIpc) is 2.68. The molecule has 1 aromatic carbocycles.